The first kappa shape index (κ1) is 9.98. The summed E-state index contributed by atoms with van der Waals surface area (Å²) in [6.45, 7) is 1.29. The average molecular weight is 187 g/mol. The van der Waals surface area contributed by atoms with Gasteiger partial charge in [0.15, 0.2) is 0 Å². The second kappa shape index (κ2) is 3.74. The lowest BCUT2D eigenvalue weighted by atomic mass is 10.1. The van der Waals surface area contributed by atoms with Crippen LogP contribution in [0.3, 0.4) is 0 Å². The summed E-state index contributed by atoms with van der Waals surface area (Å²) in [6.07, 6.45) is 0.280. The molecule has 5 heteroatoms. The number of hydrogen-bond donors (Lipinski definition) is 2. The highest BCUT2D eigenvalue weighted by Crippen LogP contribution is 2.27. The Hall–Kier alpha value is -1.10. The van der Waals surface area contributed by atoms with Crippen LogP contribution in [0, 0.1) is 5.92 Å². The summed E-state index contributed by atoms with van der Waals surface area (Å²) in [4.78, 5) is 21.2. The molecule has 0 aromatic heterocycles. The minimum absolute atomic E-state index is 0.329. The van der Waals surface area contributed by atoms with Gasteiger partial charge in [0.25, 0.3) is 0 Å². The van der Waals surface area contributed by atoms with E-state index in [0.717, 1.165) is 0 Å². The molecule has 0 aromatic rings. The van der Waals surface area contributed by atoms with Gasteiger partial charge in [-0.3, -0.25) is 9.59 Å². The molecule has 0 aliphatic heterocycles. The summed E-state index contributed by atoms with van der Waals surface area (Å²) in [5.41, 5.74) is 5.61. The quantitative estimate of drug-likeness (QED) is 0.581. The first-order valence-electron chi connectivity index (χ1n) is 4.16. The molecule has 1 saturated carbocycles. The molecule has 0 heterocycles. The Bertz CT molecular complexity index is 228. The van der Waals surface area contributed by atoms with Crippen molar-refractivity contribution in [1.82, 2.24) is 0 Å². The lowest BCUT2D eigenvalue weighted by Gasteiger charge is -2.14. The Labute approximate surface area is 75.9 Å². The van der Waals surface area contributed by atoms with E-state index in [-0.39, 0.29) is 6.04 Å². The fourth-order valence-electron chi connectivity index (χ4n) is 1.58. The van der Waals surface area contributed by atoms with Gasteiger partial charge < -0.3 is 15.6 Å². The van der Waals surface area contributed by atoms with Gasteiger partial charge in [-0.25, -0.2) is 0 Å². The Morgan fingerprint density at radius 2 is 2.08 bits per heavy atom. The van der Waals surface area contributed by atoms with Gasteiger partial charge in [0.1, 0.15) is 6.10 Å². The third kappa shape index (κ3) is 2.42. The van der Waals surface area contributed by atoms with Crippen LogP contribution >= 0.6 is 0 Å². The molecular formula is C8H13NO4. The number of carboxylic acid groups (broad SMARTS) is 1. The number of aliphatic carboxylic acids is 1. The van der Waals surface area contributed by atoms with Gasteiger partial charge in [0, 0.05) is 13.0 Å². The van der Waals surface area contributed by atoms with Gasteiger partial charge in [-0.15, -0.1) is 0 Å². The molecule has 3 atom stereocenters. The molecule has 0 saturated heterocycles. The predicted octanol–water partition coefficient (Wildman–Crippen LogP) is -0.260. The summed E-state index contributed by atoms with van der Waals surface area (Å²) >= 11 is 0. The molecular weight excluding hydrogens is 174 g/mol. The SMILES string of the molecule is CC(=O)O[C@H]1C[C@@H](C(=O)O)C[C@@H]1N. The van der Waals surface area contributed by atoms with Gasteiger partial charge in [-0.2, -0.15) is 0 Å². The standard InChI is InChI=1S/C8H13NO4/c1-4(10)13-7-3-5(8(11)12)2-6(7)9/h5-7H,2-3,9H2,1H3,(H,11,12)/t5-,6-,7-/m0/s1. The van der Waals surface area contributed by atoms with E-state index >= 15 is 0 Å². The van der Waals surface area contributed by atoms with E-state index in [1.54, 1.807) is 0 Å². The van der Waals surface area contributed by atoms with Crippen molar-refractivity contribution >= 4 is 11.9 Å². The minimum Gasteiger partial charge on any atom is -0.481 e. The third-order valence-electron chi connectivity index (χ3n) is 2.22. The molecule has 0 radical (unpaired) electrons. The van der Waals surface area contributed by atoms with Crippen LogP contribution in [0.4, 0.5) is 0 Å². The summed E-state index contributed by atoms with van der Waals surface area (Å²) in [7, 11) is 0. The van der Waals surface area contributed by atoms with Gasteiger partial charge in [0.05, 0.1) is 5.92 Å². The molecule has 0 unspecified atom stereocenters. The molecule has 3 N–H and O–H groups in total. The second-order valence-corrected chi connectivity index (χ2v) is 3.32. The number of ether oxygens (including phenoxy) is 1. The number of carboxylic acids is 1. The maximum Gasteiger partial charge on any atom is 0.306 e. The maximum absolute atomic E-state index is 10.6. The predicted molar refractivity (Wildman–Crippen MR) is 43.9 cm³/mol. The number of nitrogens with two attached hydrogens (primary N) is 1. The number of carbonyl (C=O) groups is 2. The Morgan fingerprint density at radius 1 is 1.46 bits per heavy atom. The van der Waals surface area contributed by atoms with Gasteiger partial charge in [-0.1, -0.05) is 0 Å². The van der Waals surface area contributed by atoms with E-state index in [1.165, 1.54) is 6.92 Å². The van der Waals surface area contributed by atoms with Crippen molar-refractivity contribution in [1.29, 1.82) is 0 Å². The zero-order valence-corrected chi connectivity index (χ0v) is 7.40. The van der Waals surface area contributed by atoms with Gasteiger partial charge >= 0.3 is 11.9 Å². The smallest absolute Gasteiger partial charge is 0.306 e. The summed E-state index contributed by atoms with van der Waals surface area (Å²) in [6, 6.07) is -0.343. The number of hydrogen-bond acceptors (Lipinski definition) is 4. The number of carbonyl (C=O) groups excluding carboxylic acids is 1. The molecule has 0 bridgehead atoms. The van der Waals surface area contributed by atoms with Crippen LogP contribution in [0.2, 0.25) is 0 Å². The summed E-state index contributed by atoms with van der Waals surface area (Å²) in [5.74, 6) is -1.75. The zero-order chi connectivity index (χ0) is 10.0. The van der Waals surface area contributed by atoms with E-state index < -0.39 is 24.0 Å². The van der Waals surface area contributed by atoms with Gasteiger partial charge in [-0.05, 0) is 12.8 Å². The van der Waals surface area contributed by atoms with Crippen LogP contribution in [-0.2, 0) is 14.3 Å². The van der Waals surface area contributed by atoms with Crippen molar-refractivity contribution in [3.8, 4) is 0 Å². The molecule has 0 aromatic carbocycles. The molecule has 1 rings (SSSR count). The molecule has 1 aliphatic carbocycles. The zero-order valence-electron chi connectivity index (χ0n) is 7.40. The number of rotatable bonds is 2. The van der Waals surface area contributed by atoms with Crippen molar-refractivity contribution in [2.24, 2.45) is 11.7 Å². The normalized spacial score (nSPS) is 32.9. The van der Waals surface area contributed by atoms with Crippen LogP contribution in [0.1, 0.15) is 19.8 Å². The van der Waals surface area contributed by atoms with Crippen LogP contribution < -0.4 is 5.73 Å². The molecule has 0 spiro atoms. The molecule has 5 nitrogen and oxygen atoms in total. The lowest BCUT2D eigenvalue weighted by molar-refractivity contribution is -0.148. The van der Waals surface area contributed by atoms with Crippen molar-refractivity contribution in [3.05, 3.63) is 0 Å². The third-order valence-corrected chi connectivity index (χ3v) is 2.22. The Balaban J connectivity index is 2.51. The van der Waals surface area contributed by atoms with Gasteiger partial charge in [0.2, 0.25) is 0 Å². The fraction of sp³-hybridized carbons (Fsp3) is 0.750. The largest absolute Gasteiger partial charge is 0.481 e. The fourth-order valence-corrected chi connectivity index (χ4v) is 1.58. The van der Waals surface area contributed by atoms with Crippen LogP contribution in [0.5, 0.6) is 0 Å². The van der Waals surface area contributed by atoms with E-state index in [4.69, 9.17) is 15.6 Å². The van der Waals surface area contributed by atoms with Crippen LogP contribution in [0.25, 0.3) is 0 Å². The number of esters is 1. The highest BCUT2D eigenvalue weighted by Gasteiger charge is 2.37. The molecule has 74 valence electrons. The molecule has 1 aliphatic rings. The average Bonchev–Trinajstić information content (AvgIpc) is 2.31. The van der Waals surface area contributed by atoms with Crippen LogP contribution in [-0.4, -0.2) is 29.2 Å². The second-order valence-electron chi connectivity index (χ2n) is 3.32. The lowest BCUT2D eigenvalue weighted by Crippen LogP contribution is -2.32. The highest BCUT2D eigenvalue weighted by atomic mass is 16.5. The van der Waals surface area contributed by atoms with E-state index in [1.807, 2.05) is 0 Å². The first-order valence-corrected chi connectivity index (χ1v) is 4.16. The summed E-state index contributed by atoms with van der Waals surface area (Å²) in [5, 5.41) is 8.69. The van der Waals surface area contributed by atoms with Crippen molar-refractivity contribution in [2.75, 3.05) is 0 Å². The highest BCUT2D eigenvalue weighted by molar-refractivity contribution is 5.71. The maximum atomic E-state index is 10.6. The monoisotopic (exact) mass is 187 g/mol. The Kier molecular flexibility index (Phi) is 2.87. The molecule has 1 fully saturated rings. The van der Waals surface area contributed by atoms with E-state index in [2.05, 4.69) is 0 Å². The minimum atomic E-state index is -0.870. The van der Waals surface area contributed by atoms with E-state index in [0.29, 0.717) is 12.8 Å². The molecule has 13 heavy (non-hydrogen) atoms. The topological polar surface area (TPSA) is 89.6 Å². The van der Waals surface area contributed by atoms with Crippen molar-refractivity contribution in [3.63, 3.8) is 0 Å². The van der Waals surface area contributed by atoms with E-state index in [9.17, 15) is 9.59 Å². The van der Waals surface area contributed by atoms with Crippen LogP contribution in [0.15, 0.2) is 0 Å². The molecule has 0 amide bonds. The Morgan fingerprint density at radius 3 is 2.46 bits per heavy atom. The first-order chi connectivity index (χ1) is 6.00. The van der Waals surface area contributed by atoms with Crippen molar-refractivity contribution < 1.29 is 19.4 Å². The van der Waals surface area contributed by atoms with Crippen molar-refractivity contribution in [2.45, 2.75) is 31.9 Å². The summed E-state index contributed by atoms with van der Waals surface area (Å²) < 4.78 is 4.88.